The number of nitrogens with zero attached hydrogens (tertiary/aromatic N) is 1. The number of nitrogens with one attached hydrogen (secondary N) is 2. The number of carbonyl (C=O) groups is 1. The standard InChI is InChI=1S/C21H28BrN3O2/c1-4-5-25-10-14(11-27-24-13(3)26)6-17-18-7-15(22)8-19-21(18)16(9-20(17)25)12(2)23-19/h7-8,14,17,20,23H,4-6,9-11H2,1-3H3,(H,24,26)/t14-,17?,20+/m0/s1. The number of hydrogen-bond acceptors (Lipinski definition) is 3. The first kappa shape index (κ1) is 19.0. The zero-order valence-electron chi connectivity index (χ0n) is 16.3. The van der Waals surface area contributed by atoms with Crippen LogP contribution in [0.25, 0.3) is 10.9 Å². The predicted octanol–water partition coefficient (Wildman–Crippen LogP) is 4.05. The molecule has 3 atom stereocenters. The Hall–Kier alpha value is -1.37. The summed E-state index contributed by atoms with van der Waals surface area (Å²) in [6.45, 7) is 8.64. The molecule has 1 aromatic carbocycles. The van der Waals surface area contributed by atoms with Gasteiger partial charge in [0.15, 0.2) is 0 Å². The molecule has 5 nitrogen and oxygen atoms in total. The van der Waals surface area contributed by atoms with Crippen molar-refractivity contribution in [3.05, 3.63) is 33.4 Å². The summed E-state index contributed by atoms with van der Waals surface area (Å²) >= 11 is 3.71. The molecule has 1 aliphatic heterocycles. The number of aryl methyl sites for hydroxylation is 1. The average Bonchev–Trinajstić information content (AvgIpc) is 2.91. The van der Waals surface area contributed by atoms with Crippen LogP contribution in [-0.2, 0) is 16.1 Å². The summed E-state index contributed by atoms with van der Waals surface area (Å²) in [4.78, 5) is 22.8. The molecule has 1 aliphatic carbocycles. The number of rotatable bonds is 5. The van der Waals surface area contributed by atoms with E-state index < -0.39 is 0 Å². The molecule has 1 unspecified atom stereocenters. The molecule has 1 aromatic heterocycles. The second-order valence-electron chi connectivity index (χ2n) is 8.09. The SMILES string of the molecule is CCCN1C[C@@H](CONC(C)=O)CC2c3cc(Br)cc4[nH]c(C)c(c34)C[C@H]21. The van der Waals surface area contributed by atoms with Gasteiger partial charge in [0.25, 0.3) is 0 Å². The fraction of sp³-hybridized carbons (Fsp3) is 0.571. The van der Waals surface area contributed by atoms with Crippen LogP contribution in [0, 0.1) is 12.8 Å². The number of benzene rings is 1. The van der Waals surface area contributed by atoms with Gasteiger partial charge in [-0.05, 0) is 61.9 Å². The van der Waals surface area contributed by atoms with Crippen LogP contribution in [-0.4, -0.2) is 41.5 Å². The maximum absolute atomic E-state index is 11.1. The Balaban J connectivity index is 1.68. The molecule has 0 radical (unpaired) electrons. The molecule has 146 valence electrons. The van der Waals surface area contributed by atoms with Gasteiger partial charge in [0.2, 0.25) is 5.91 Å². The summed E-state index contributed by atoms with van der Waals surface area (Å²) in [5.74, 6) is 0.770. The van der Waals surface area contributed by atoms with Crippen molar-refractivity contribution in [2.24, 2.45) is 5.92 Å². The first-order valence-corrected chi connectivity index (χ1v) is 10.7. The number of hydroxylamine groups is 1. The molecule has 6 heteroatoms. The van der Waals surface area contributed by atoms with Gasteiger partial charge in [-0.25, -0.2) is 5.48 Å². The van der Waals surface area contributed by atoms with E-state index in [2.05, 4.69) is 57.3 Å². The number of aromatic amines is 1. The van der Waals surface area contributed by atoms with E-state index in [1.807, 2.05) is 0 Å². The molecule has 2 aromatic rings. The Morgan fingerprint density at radius 3 is 3.00 bits per heavy atom. The lowest BCUT2D eigenvalue weighted by Crippen LogP contribution is -2.51. The van der Waals surface area contributed by atoms with Crippen LogP contribution in [0.5, 0.6) is 0 Å². The highest BCUT2D eigenvalue weighted by Crippen LogP contribution is 2.46. The number of likely N-dealkylation sites (tertiary alicyclic amines) is 1. The van der Waals surface area contributed by atoms with E-state index in [1.54, 1.807) is 0 Å². The number of aromatic nitrogens is 1. The minimum Gasteiger partial charge on any atom is -0.358 e. The highest BCUT2D eigenvalue weighted by atomic mass is 79.9. The zero-order chi connectivity index (χ0) is 19.1. The van der Waals surface area contributed by atoms with Gasteiger partial charge in [-0.2, -0.15) is 0 Å². The highest BCUT2D eigenvalue weighted by molar-refractivity contribution is 9.10. The van der Waals surface area contributed by atoms with E-state index in [1.165, 1.54) is 34.6 Å². The van der Waals surface area contributed by atoms with Crippen molar-refractivity contribution >= 4 is 32.7 Å². The molecule has 2 aliphatic rings. The van der Waals surface area contributed by atoms with Crippen molar-refractivity contribution in [3.8, 4) is 0 Å². The van der Waals surface area contributed by atoms with Gasteiger partial charge in [-0.15, -0.1) is 0 Å². The van der Waals surface area contributed by atoms with Crippen LogP contribution in [0.3, 0.4) is 0 Å². The van der Waals surface area contributed by atoms with Crippen LogP contribution >= 0.6 is 15.9 Å². The van der Waals surface area contributed by atoms with Crippen LogP contribution < -0.4 is 5.48 Å². The average molecular weight is 434 g/mol. The Labute approximate surface area is 168 Å². The van der Waals surface area contributed by atoms with Gasteiger partial charge in [0, 0.05) is 46.5 Å². The fourth-order valence-corrected chi connectivity index (χ4v) is 5.60. The number of piperidine rings is 1. The van der Waals surface area contributed by atoms with Crippen molar-refractivity contribution in [2.45, 2.75) is 52.0 Å². The van der Waals surface area contributed by atoms with Crippen molar-refractivity contribution in [1.29, 1.82) is 0 Å². The molecular weight excluding hydrogens is 406 g/mol. The van der Waals surface area contributed by atoms with Crippen molar-refractivity contribution in [2.75, 3.05) is 19.7 Å². The van der Waals surface area contributed by atoms with E-state index in [-0.39, 0.29) is 5.91 Å². The lowest BCUT2D eigenvalue weighted by atomic mass is 9.72. The third-order valence-corrected chi connectivity index (χ3v) is 6.54. The molecule has 0 saturated carbocycles. The van der Waals surface area contributed by atoms with E-state index in [9.17, 15) is 4.79 Å². The third kappa shape index (κ3) is 3.55. The summed E-state index contributed by atoms with van der Waals surface area (Å²) < 4.78 is 1.14. The molecule has 2 heterocycles. The Morgan fingerprint density at radius 1 is 1.44 bits per heavy atom. The smallest absolute Gasteiger partial charge is 0.240 e. The van der Waals surface area contributed by atoms with E-state index in [0.717, 1.165) is 36.8 Å². The molecule has 27 heavy (non-hydrogen) atoms. The molecule has 4 rings (SSSR count). The number of fused-ring (bicyclic) bond motifs is 2. The molecular formula is C21H28BrN3O2. The fourth-order valence-electron chi connectivity index (χ4n) is 5.13. The highest BCUT2D eigenvalue weighted by Gasteiger charge is 2.41. The molecule has 1 saturated heterocycles. The summed E-state index contributed by atoms with van der Waals surface area (Å²) in [5.41, 5.74) is 7.98. The number of hydrogen-bond donors (Lipinski definition) is 2. The maximum atomic E-state index is 11.1. The number of carbonyl (C=O) groups excluding carboxylic acids is 1. The summed E-state index contributed by atoms with van der Waals surface area (Å²) in [5, 5.41) is 1.43. The first-order valence-electron chi connectivity index (χ1n) is 9.91. The number of halogens is 1. The number of amides is 1. The second-order valence-corrected chi connectivity index (χ2v) is 9.01. The quantitative estimate of drug-likeness (QED) is 0.699. The monoisotopic (exact) mass is 433 g/mol. The molecule has 1 amide bonds. The van der Waals surface area contributed by atoms with Crippen molar-refractivity contribution in [3.63, 3.8) is 0 Å². The largest absolute Gasteiger partial charge is 0.358 e. The van der Waals surface area contributed by atoms with Crippen molar-refractivity contribution < 1.29 is 9.63 Å². The summed E-state index contributed by atoms with van der Waals surface area (Å²) in [6.07, 6.45) is 3.36. The van der Waals surface area contributed by atoms with Crippen LogP contribution in [0.15, 0.2) is 16.6 Å². The van der Waals surface area contributed by atoms with Gasteiger partial charge >= 0.3 is 0 Å². The van der Waals surface area contributed by atoms with Crippen LogP contribution in [0.2, 0.25) is 0 Å². The topological polar surface area (TPSA) is 57.4 Å². The second kappa shape index (κ2) is 7.57. The maximum Gasteiger partial charge on any atom is 0.240 e. The van der Waals surface area contributed by atoms with Gasteiger partial charge in [-0.3, -0.25) is 14.5 Å². The lowest BCUT2D eigenvalue weighted by Gasteiger charge is -2.47. The van der Waals surface area contributed by atoms with E-state index >= 15 is 0 Å². The van der Waals surface area contributed by atoms with Crippen LogP contribution in [0.4, 0.5) is 0 Å². The Kier molecular flexibility index (Phi) is 5.32. The Bertz CT molecular complexity index is 863. The normalized spacial score (nSPS) is 24.8. The summed E-state index contributed by atoms with van der Waals surface area (Å²) in [7, 11) is 0. The zero-order valence-corrected chi connectivity index (χ0v) is 17.9. The predicted molar refractivity (Wildman–Crippen MR) is 111 cm³/mol. The summed E-state index contributed by atoms with van der Waals surface area (Å²) in [6, 6.07) is 5.05. The van der Waals surface area contributed by atoms with Gasteiger partial charge < -0.3 is 4.98 Å². The lowest BCUT2D eigenvalue weighted by molar-refractivity contribution is -0.133. The molecule has 0 spiro atoms. The third-order valence-electron chi connectivity index (χ3n) is 6.08. The minimum atomic E-state index is -0.145. The molecule has 2 N–H and O–H groups in total. The molecule has 0 bridgehead atoms. The Morgan fingerprint density at radius 2 is 2.26 bits per heavy atom. The first-order chi connectivity index (χ1) is 13.0. The van der Waals surface area contributed by atoms with E-state index in [0.29, 0.717) is 24.5 Å². The van der Waals surface area contributed by atoms with Gasteiger partial charge in [0.05, 0.1) is 6.61 Å². The van der Waals surface area contributed by atoms with Crippen molar-refractivity contribution in [1.82, 2.24) is 15.4 Å². The number of H-pyrrole nitrogens is 1. The molecule has 1 fully saturated rings. The van der Waals surface area contributed by atoms with Gasteiger partial charge in [-0.1, -0.05) is 22.9 Å². The van der Waals surface area contributed by atoms with Crippen LogP contribution in [0.1, 0.15) is 49.4 Å². The van der Waals surface area contributed by atoms with E-state index in [4.69, 9.17) is 4.84 Å². The minimum absolute atomic E-state index is 0.145. The van der Waals surface area contributed by atoms with Gasteiger partial charge in [0.1, 0.15) is 0 Å².